The fourth-order valence-corrected chi connectivity index (χ4v) is 4.36. The number of nitrogens with one attached hydrogen (secondary N) is 1. The molecule has 2 rings (SSSR count). The Morgan fingerprint density at radius 3 is 2.40 bits per heavy atom. The van der Waals surface area contributed by atoms with Gasteiger partial charge in [-0.05, 0) is 52.7 Å². The normalized spacial score (nSPS) is 12.6. The average Bonchev–Trinajstić information content (AvgIpc) is 2.56. The molecule has 7 heteroatoms. The summed E-state index contributed by atoms with van der Waals surface area (Å²) in [7, 11) is -3.20. The topological polar surface area (TPSA) is 63.2 Å². The third-order valence-corrected chi connectivity index (χ3v) is 6.77. The standard InChI is InChI=1S/C18H20BrNO3S2/c1-13(14-7-9-15(10-8-14)25(2,22)23)20-18(21)11-12-24-17-6-4-3-5-16(17)19/h3-10,13H,11-12H2,1-2H3,(H,20,21). The van der Waals surface area contributed by atoms with Crippen LogP contribution in [0.5, 0.6) is 0 Å². The molecule has 0 aromatic heterocycles. The van der Waals surface area contributed by atoms with Crippen LogP contribution in [0.4, 0.5) is 0 Å². The molecular formula is C18H20BrNO3S2. The Labute approximate surface area is 161 Å². The lowest BCUT2D eigenvalue weighted by atomic mass is 10.1. The van der Waals surface area contributed by atoms with E-state index in [1.165, 1.54) is 6.26 Å². The van der Waals surface area contributed by atoms with E-state index >= 15 is 0 Å². The van der Waals surface area contributed by atoms with Gasteiger partial charge in [-0.25, -0.2) is 8.42 Å². The second-order valence-electron chi connectivity index (χ2n) is 5.66. The van der Waals surface area contributed by atoms with Crippen LogP contribution in [-0.2, 0) is 14.6 Å². The van der Waals surface area contributed by atoms with Gasteiger partial charge in [0.05, 0.1) is 10.9 Å². The molecule has 1 atom stereocenters. The molecule has 0 spiro atoms. The van der Waals surface area contributed by atoms with Crippen molar-refractivity contribution in [1.82, 2.24) is 5.32 Å². The van der Waals surface area contributed by atoms with E-state index in [0.717, 1.165) is 14.9 Å². The smallest absolute Gasteiger partial charge is 0.221 e. The van der Waals surface area contributed by atoms with Crippen molar-refractivity contribution in [2.45, 2.75) is 29.2 Å². The minimum Gasteiger partial charge on any atom is -0.350 e. The second kappa shape index (κ2) is 8.87. The highest BCUT2D eigenvalue weighted by molar-refractivity contribution is 9.10. The minimum absolute atomic E-state index is 0.0285. The van der Waals surface area contributed by atoms with Crippen LogP contribution in [0.15, 0.2) is 62.8 Å². The zero-order valence-electron chi connectivity index (χ0n) is 14.0. The molecule has 4 nitrogen and oxygen atoms in total. The first-order chi connectivity index (χ1) is 11.8. The molecule has 0 saturated carbocycles. The molecule has 25 heavy (non-hydrogen) atoms. The van der Waals surface area contributed by atoms with Gasteiger partial charge in [-0.3, -0.25) is 4.79 Å². The van der Waals surface area contributed by atoms with Crippen LogP contribution in [0.1, 0.15) is 24.9 Å². The summed E-state index contributed by atoms with van der Waals surface area (Å²) in [6.07, 6.45) is 1.59. The lowest BCUT2D eigenvalue weighted by Crippen LogP contribution is -2.26. The van der Waals surface area contributed by atoms with E-state index in [2.05, 4.69) is 21.2 Å². The molecule has 0 aliphatic heterocycles. The number of thioether (sulfide) groups is 1. The molecular weight excluding hydrogens is 422 g/mol. The van der Waals surface area contributed by atoms with Gasteiger partial charge in [0.25, 0.3) is 0 Å². The first-order valence-electron chi connectivity index (χ1n) is 7.74. The Morgan fingerprint density at radius 2 is 1.80 bits per heavy atom. The number of sulfone groups is 1. The molecule has 0 fully saturated rings. The van der Waals surface area contributed by atoms with Gasteiger partial charge in [-0.15, -0.1) is 11.8 Å². The van der Waals surface area contributed by atoms with E-state index in [9.17, 15) is 13.2 Å². The van der Waals surface area contributed by atoms with Gasteiger partial charge in [0.15, 0.2) is 9.84 Å². The number of hydrogen-bond donors (Lipinski definition) is 1. The van der Waals surface area contributed by atoms with Crippen molar-refractivity contribution >= 4 is 43.4 Å². The summed E-state index contributed by atoms with van der Waals surface area (Å²) in [4.78, 5) is 13.5. The Kier molecular flexibility index (Phi) is 7.10. The van der Waals surface area contributed by atoms with Crippen LogP contribution in [-0.4, -0.2) is 26.3 Å². The Hall–Kier alpha value is -1.31. The first-order valence-corrected chi connectivity index (χ1v) is 11.4. The van der Waals surface area contributed by atoms with E-state index in [4.69, 9.17) is 0 Å². The summed E-state index contributed by atoms with van der Waals surface area (Å²) in [5.74, 6) is 0.660. The van der Waals surface area contributed by atoms with Gasteiger partial charge in [-0.1, -0.05) is 24.3 Å². The maximum Gasteiger partial charge on any atom is 0.221 e. The monoisotopic (exact) mass is 441 g/mol. The van der Waals surface area contributed by atoms with Gasteiger partial charge in [0, 0.05) is 27.8 Å². The highest BCUT2D eigenvalue weighted by atomic mass is 79.9. The molecule has 1 N–H and O–H groups in total. The molecule has 1 amide bonds. The van der Waals surface area contributed by atoms with Crippen molar-refractivity contribution < 1.29 is 13.2 Å². The second-order valence-corrected chi connectivity index (χ2v) is 9.67. The molecule has 2 aromatic rings. The first kappa shape index (κ1) is 20.0. The quantitative estimate of drug-likeness (QED) is 0.653. The van der Waals surface area contributed by atoms with Gasteiger partial charge < -0.3 is 5.32 Å². The number of carbonyl (C=O) groups is 1. The minimum atomic E-state index is -3.20. The largest absolute Gasteiger partial charge is 0.350 e. The molecule has 0 radical (unpaired) electrons. The zero-order valence-corrected chi connectivity index (χ0v) is 17.2. The van der Waals surface area contributed by atoms with Gasteiger partial charge in [-0.2, -0.15) is 0 Å². The van der Waals surface area contributed by atoms with E-state index in [1.54, 1.807) is 36.0 Å². The summed E-state index contributed by atoms with van der Waals surface area (Å²) in [5, 5.41) is 2.94. The van der Waals surface area contributed by atoms with Crippen molar-refractivity contribution in [1.29, 1.82) is 0 Å². The van der Waals surface area contributed by atoms with Crippen LogP contribution in [0, 0.1) is 0 Å². The lowest BCUT2D eigenvalue weighted by molar-refractivity contribution is -0.121. The van der Waals surface area contributed by atoms with Gasteiger partial charge in [0.1, 0.15) is 0 Å². The predicted molar refractivity (Wildman–Crippen MR) is 106 cm³/mol. The van der Waals surface area contributed by atoms with Gasteiger partial charge >= 0.3 is 0 Å². The molecule has 1 unspecified atom stereocenters. The van der Waals surface area contributed by atoms with Gasteiger partial charge in [0.2, 0.25) is 5.91 Å². The van der Waals surface area contributed by atoms with Crippen LogP contribution in [0.25, 0.3) is 0 Å². The number of halogens is 1. The molecule has 0 bridgehead atoms. The number of hydrogen-bond acceptors (Lipinski definition) is 4. The summed E-state index contributed by atoms with van der Waals surface area (Å²) < 4.78 is 24.0. The summed E-state index contributed by atoms with van der Waals surface area (Å²) in [6.45, 7) is 1.88. The molecule has 0 aliphatic carbocycles. The molecule has 0 saturated heterocycles. The van der Waals surface area contributed by atoms with E-state index in [-0.39, 0.29) is 16.8 Å². The Balaban J connectivity index is 1.84. The van der Waals surface area contributed by atoms with Crippen molar-refractivity contribution in [2.75, 3.05) is 12.0 Å². The number of benzene rings is 2. The highest BCUT2D eigenvalue weighted by Gasteiger charge is 2.12. The fraction of sp³-hybridized carbons (Fsp3) is 0.278. The zero-order chi connectivity index (χ0) is 18.4. The maximum atomic E-state index is 12.1. The SMILES string of the molecule is CC(NC(=O)CCSc1ccccc1Br)c1ccc(S(C)(=O)=O)cc1. The summed E-state index contributed by atoms with van der Waals surface area (Å²) >= 11 is 5.12. The van der Waals surface area contributed by atoms with Crippen molar-refractivity contribution in [3.05, 3.63) is 58.6 Å². The average molecular weight is 442 g/mol. The molecule has 0 heterocycles. The third kappa shape index (κ3) is 6.17. The van der Waals surface area contributed by atoms with Crippen molar-refractivity contribution in [2.24, 2.45) is 0 Å². The van der Waals surface area contributed by atoms with Crippen LogP contribution in [0.3, 0.4) is 0 Å². The number of amides is 1. The van der Waals surface area contributed by atoms with Crippen LogP contribution < -0.4 is 5.32 Å². The highest BCUT2D eigenvalue weighted by Crippen LogP contribution is 2.27. The van der Waals surface area contributed by atoms with Crippen LogP contribution in [0.2, 0.25) is 0 Å². The molecule has 0 aliphatic rings. The predicted octanol–water partition coefficient (Wildman–Crippen LogP) is 4.21. The molecule has 2 aromatic carbocycles. The van der Waals surface area contributed by atoms with E-state index in [1.807, 2.05) is 31.2 Å². The maximum absolute atomic E-state index is 12.1. The third-order valence-electron chi connectivity index (χ3n) is 3.61. The van der Waals surface area contributed by atoms with Crippen molar-refractivity contribution in [3.63, 3.8) is 0 Å². The summed E-state index contributed by atoms with van der Waals surface area (Å²) in [5.41, 5.74) is 0.874. The van der Waals surface area contributed by atoms with E-state index in [0.29, 0.717) is 12.2 Å². The Morgan fingerprint density at radius 1 is 1.16 bits per heavy atom. The number of rotatable bonds is 7. The van der Waals surface area contributed by atoms with E-state index < -0.39 is 9.84 Å². The number of carbonyl (C=O) groups excluding carboxylic acids is 1. The van der Waals surface area contributed by atoms with Crippen molar-refractivity contribution in [3.8, 4) is 0 Å². The lowest BCUT2D eigenvalue weighted by Gasteiger charge is -2.15. The van der Waals surface area contributed by atoms with Crippen LogP contribution >= 0.6 is 27.7 Å². The fourth-order valence-electron chi connectivity index (χ4n) is 2.22. The Bertz CT molecular complexity index is 836. The summed E-state index contributed by atoms with van der Waals surface area (Å²) in [6, 6.07) is 14.3. The molecule has 134 valence electrons.